The smallest absolute Gasteiger partial charge is 0.417 e. The minimum absolute atomic E-state index is 0.0531. The Labute approximate surface area is 201 Å². The number of halogens is 4. The highest BCUT2D eigenvalue weighted by Gasteiger charge is 2.32. The first kappa shape index (κ1) is 26.2. The summed E-state index contributed by atoms with van der Waals surface area (Å²) in [4.78, 5) is 22.9. The van der Waals surface area contributed by atoms with Crippen LogP contribution in [0.5, 0.6) is 5.88 Å². The van der Waals surface area contributed by atoms with E-state index in [0.29, 0.717) is 41.6 Å². The third kappa shape index (κ3) is 6.17. The Bertz CT molecular complexity index is 1130. The number of aliphatic imine (C=N–C) groups is 1. The van der Waals surface area contributed by atoms with E-state index >= 15 is 0 Å². The number of ether oxygens (including phenoxy) is 2. The maximum Gasteiger partial charge on any atom is 0.417 e. The van der Waals surface area contributed by atoms with E-state index in [2.05, 4.69) is 9.98 Å². The largest absolute Gasteiger partial charge is 0.473 e. The highest BCUT2D eigenvalue weighted by atomic mass is 19.4. The van der Waals surface area contributed by atoms with Crippen LogP contribution < -0.4 is 4.74 Å². The van der Waals surface area contributed by atoms with Gasteiger partial charge in [-0.3, -0.25) is 4.79 Å². The van der Waals surface area contributed by atoms with Gasteiger partial charge in [-0.2, -0.15) is 13.2 Å². The first-order valence-electron chi connectivity index (χ1n) is 11.2. The minimum atomic E-state index is -4.71. The first-order valence-corrected chi connectivity index (χ1v) is 11.2. The van der Waals surface area contributed by atoms with Crippen LogP contribution in [0.25, 0.3) is 5.76 Å². The zero-order chi connectivity index (χ0) is 25.8. The average Bonchev–Trinajstić information content (AvgIpc) is 2.82. The number of aromatic nitrogens is 1. The van der Waals surface area contributed by atoms with Crippen LogP contribution in [-0.2, 0) is 10.9 Å². The molecule has 0 aliphatic carbocycles. The fourth-order valence-electron chi connectivity index (χ4n) is 3.69. The molecule has 35 heavy (non-hydrogen) atoms. The summed E-state index contributed by atoms with van der Waals surface area (Å²) in [7, 11) is 0. The number of alkyl halides is 3. The Balaban J connectivity index is 1.78. The lowest BCUT2D eigenvalue weighted by atomic mass is 10.0. The van der Waals surface area contributed by atoms with Crippen molar-refractivity contribution in [3.05, 3.63) is 65.1 Å². The van der Waals surface area contributed by atoms with E-state index in [4.69, 9.17) is 9.47 Å². The van der Waals surface area contributed by atoms with Crippen LogP contribution in [0, 0.1) is 5.82 Å². The molecule has 10 heteroatoms. The van der Waals surface area contributed by atoms with Gasteiger partial charge in [-0.15, -0.1) is 0 Å². The van der Waals surface area contributed by atoms with Gasteiger partial charge in [-0.05, 0) is 38.5 Å². The molecule has 0 N–H and O–H groups in total. The molecular formula is C25H27F4N3O3. The first-order chi connectivity index (χ1) is 16.5. The number of rotatable bonds is 8. The topological polar surface area (TPSA) is 64.0 Å². The Morgan fingerprint density at radius 2 is 1.97 bits per heavy atom. The van der Waals surface area contributed by atoms with Crippen molar-refractivity contribution in [1.82, 2.24) is 9.88 Å². The fraction of sp³-hybridized carbons (Fsp3) is 0.400. The zero-order valence-electron chi connectivity index (χ0n) is 19.9. The van der Waals surface area contributed by atoms with Gasteiger partial charge in [0.15, 0.2) is 11.7 Å². The highest BCUT2D eigenvalue weighted by Crippen LogP contribution is 2.31. The molecule has 1 aromatic carbocycles. The van der Waals surface area contributed by atoms with Gasteiger partial charge in [0.25, 0.3) is 5.91 Å². The SMILES string of the molecule is CCC1C=C(c2ccccc2C(=O)N(CC)C(C)COc2ncc(C(F)(F)F)cc2F)OC(C)=N1. The van der Waals surface area contributed by atoms with E-state index in [1.807, 2.05) is 13.0 Å². The van der Waals surface area contributed by atoms with E-state index in [1.165, 1.54) is 4.90 Å². The van der Waals surface area contributed by atoms with Crippen LogP contribution in [0.1, 0.15) is 55.6 Å². The second-order valence-electron chi connectivity index (χ2n) is 8.06. The number of hydrogen-bond donors (Lipinski definition) is 0. The average molecular weight is 494 g/mol. The number of amides is 1. The van der Waals surface area contributed by atoms with Crippen LogP contribution in [0.4, 0.5) is 17.6 Å². The number of pyridine rings is 1. The van der Waals surface area contributed by atoms with Gasteiger partial charge in [0.05, 0.1) is 23.2 Å². The number of carbonyl (C=O) groups excluding carboxylic acids is 1. The monoisotopic (exact) mass is 493 g/mol. The molecule has 0 fully saturated rings. The molecule has 0 saturated carbocycles. The highest BCUT2D eigenvalue weighted by molar-refractivity contribution is 6.00. The summed E-state index contributed by atoms with van der Waals surface area (Å²) in [5, 5.41) is 0. The van der Waals surface area contributed by atoms with Crippen LogP contribution in [-0.4, -0.2) is 46.9 Å². The van der Waals surface area contributed by atoms with Crippen LogP contribution in [0.2, 0.25) is 0 Å². The molecule has 0 bridgehead atoms. The second kappa shape index (κ2) is 10.9. The molecular weight excluding hydrogens is 466 g/mol. The van der Waals surface area contributed by atoms with Crippen molar-refractivity contribution in [2.24, 2.45) is 4.99 Å². The lowest BCUT2D eigenvalue weighted by molar-refractivity contribution is -0.138. The lowest BCUT2D eigenvalue weighted by Gasteiger charge is -2.29. The molecule has 2 aromatic rings. The van der Waals surface area contributed by atoms with Crippen molar-refractivity contribution in [2.75, 3.05) is 13.2 Å². The second-order valence-corrected chi connectivity index (χ2v) is 8.06. The number of nitrogens with zero attached hydrogens (tertiary/aromatic N) is 3. The third-order valence-corrected chi connectivity index (χ3v) is 5.52. The molecule has 2 heterocycles. The van der Waals surface area contributed by atoms with Crippen molar-refractivity contribution >= 4 is 17.6 Å². The number of carbonyl (C=O) groups is 1. The summed E-state index contributed by atoms with van der Waals surface area (Å²) in [6.45, 7) is 7.40. The zero-order valence-corrected chi connectivity index (χ0v) is 19.9. The van der Waals surface area contributed by atoms with E-state index < -0.39 is 29.5 Å². The van der Waals surface area contributed by atoms with Gasteiger partial charge in [0.2, 0.25) is 5.88 Å². The van der Waals surface area contributed by atoms with Crippen molar-refractivity contribution in [1.29, 1.82) is 0 Å². The van der Waals surface area contributed by atoms with E-state index in [9.17, 15) is 22.4 Å². The Kier molecular flexibility index (Phi) is 8.14. The molecule has 1 aromatic heterocycles. The maximum atomic E-state index is 14.1. The van der Waals surface area contributed by atoms with Gasteiger partial charge in [-0.1, -0.05) is 25.1 Å². The number of hydrogen-bond acceptors (Lipinski definition) is 5. The quantitative estimate of drug-likeness (QED) is 0.440. The third-order valence-electron chi connectivity index (χ3n) is 5.52. The van der Waals surface area contributed by atoms with Crippen LogP contribution in [0.15, 0.2) is 47.6 Å². The summed E-state index contributed by atoms with van der Waals surface area (Å²) in [5.74, 6) is -1.02. The van der Waals surface area contributed by atoms with E-state index in [-0.39, 0.29) is 18.6 Å². The Morgan fingerprint density at radius 1 is 1.26 bits per heavy atom. The Hall–Kier alpha value is -3.43. The molecule has 188 valence electrons. The molecule has 6 nitrogen and oxygen atoms in total. The summed E-state index contributed by atoms with van der Waals surface area (Å²) in [5.41, 5.74) is -0.176. The van der Waals surface area contributed by atoms with Gasteiger partial charge in [-0.25, -0.2) is 14.4 Å². The standard InChI is InChI=1S/C25H27F4N3O3/c1-5-18-12-22(35-16(4)31-18)19-9-7-8-10-20(19)24(33)32(6-2)15(3)14-34-23-21(26)11-17(13-30-23)25(27,28)29/h7-13,15,18H,5-6,14H2,1-4H3. The molecule has 2 atom stereocenters. The van der Waals surface area contributed by atoms with E-state index in [1.54, 1.807) is 45.0 Å². The summed E-state index contributed by atoms with van der Waals surface area (Å²) >= 11 is 0. The van der Waals surface area contributed by atoms with Crippen molar-refractivity contribution in [3.8, 4) is 5.88 Å². The fourth-order valence-corrected chi connectivity index (χ4v) is 3.69. The predicted octanol–water partition coefficient (Wildman–Crippen LogP) is 5.74. The molecule has 3 rings (SSSR count). The van der Waals surface area contributed by atoms with Crippen LogP contribution in [0.3, 0.4) is 0 Å². The number of likely N-dealkylation sites (N-methyl/N-ethyl adjacent to an activating group) is 1. The van der Waals surface area contributed by atoms with Gasteiger partial charge < -0.3 is 14.4 Å². The summed E-state index contributed by atoms with van der Waals surface area (Å²) < 4.78 is 63.4. The van der Waals surface area contributed by atoms with E-state index in [0.717, 1.165) is 6.42 Å². The Morgan fingerprint density at radius 3 is 2.60 bits per heavy atom. The van der Waals surface area contributed by atoms with Crippen molar-refractivity contribution in [3.63, 3.8) is 0 Å². The van der Waals surface area contributed by atoms with Crippen molar-refractivity contribution in [2.45, 2.75) is 52.4 Å². The molecule has 2 unspecified atom stereocenters. The van der Waals surface area contributed by atoms with Gasteiger partial charge in [0, 0.05) is 25.2 Å². The minimum Gasteiger partial charge on any atom is -0.473 e. The summed E-state index contributed by atoms with van der Waals surface area (Å²) in [6, 6.07) is 6.78. The lowest BCUT2D eigenvalue weighted by Crippen LogP contribution is -2.42. The van der Waals surface area contributed by atoms with Gasteiger partial charge >= 0.3 is 6.18 Å². The van der Waals surface area contributed by atoms with Crippen LogP contribution >= 0.6 is 0 Å². The normalized spacial score (nSPS) is 16.6. The molecule has 1 amide bonds. The predicted molar refractivity (Wildman–Crippen MR) is 124 cm³/mol. The number of benzene rings is 1. The molecule has 1 aliphatic heterocycles. The molecule has 0 spiro atoms. The van der Waals surface area contributed by atoms with Crippen molar-refractivity contribution < 1.29 is 31.8 Å². The molecule has 0 radical (unpaired) electrons. The maximum absolute atomic E-state index is 14.1. The summed E-state index contributed by atoms with van der Waals surface area (Å²) in [6.07, 6.45) is -1.54. The molecule has 0 saturated heterocycles. The molecule has 1 aliphatic rings. The van der Waals surface area contributed by atoms with Gasteiger partial charge in [0.1, 0.15) is 12.4 Å².